The Morgan fingerprint density at radius 2 is 0.771 bits per heavy atom. The standard InChI is InChI=1S/C43H82O5/c1-3-5-7-9-11-13-15-17-18-19-20-21-22-23-24-26-28-30-32-34-36-38-43(46)48-41(39-44)40-47-42(45)37-35-33-31-29-27-25-16-14-12-10-8-6-4-2/h17-18,41,44H,3-16,19-40H2,1-2H3. The summed E-state index contributed by atoms with van der Waals surface area (Å²) in [7, 11) is 0. The van der Waals surface area contributed by atoms with E-state index in [1.165, 1.54) is 173 Å². The lowest BCUT2D eigenvalue weighted by molar-refractivity contribution is -0.161. The lowest BCUT2D eigenvalue weighted by Gasteiger charge is -2.15. The number of ether oxygens (including phenoxy) is 2. The number of hydrogen-bond acceptors (Lipinski definition) is 5. The van der Waals surface area contributed by atoms with Crippen LogP contribution in [0.2, 0.25) is 0 Å². The van der Waals surface area contributed by atoms with Gasteiger partial charge in [-0.3, -0.25) is 9.59 Å². The Labute approximate surface area is 299 Å². The molecule has 0 spiro atoms. The van der Waals surface area contributed by atoms with Crippen LogP contribution in [0.1, 0.15) is 232 Å². The largest absolute Gasteiger partial charge is 0.462 e. The minimum Gasteiger partial charge on any atom is -0.462 e. The van der Waals surface area contributed by atoms with E-state index in [0.29, 0.717) is 12.8 Å². The lowest BCUT2D eigenvalue weighted by Crippen LogP contribution is -2.28. The first-order chi connectivity index (χ1) is 23.6. The van der Waals surface area contributed by atoms with Gasteiger partial charge in [0.15, 0.2) is 6.10 Å². The number of aliphatic hydroxyl groups excluding tert-OH is 1. The molecule has 0 heterocycles. The third-order valence-corrected chi connectivity index (χ3v) is 9.56. The number of unbranched alkanes of at least 4 members (excludes halogenated alkanes) is 29. The number of aliphatic hydroxyl groups is 1. The summed E-state index contributed by atoms with van der Waals surface area (Å²) in [6.07, 6.45) is 45.6. The number of hydrogen-bond donors (Lipinski definition) is 1. The second-order valence-corrected chi connectivity index (χ2v) is 14.4. The molecule has 0 rings (SSSR count). The number of allylic oxidation sites excluding steroid dienone is 2. The highest BCUT2D eigenvalue weighted by atomic mass is 16.6. The van der Waals surface area contributed by atoms with E-state index in [2.05, 4.69) is 26.0 Å². The third-order valence-electron chi connectivity index (χ3n) is 9.56. The maximum absolute atomic E-state index is 12.2. The van der Waals surface area contributed by atoms with Gasteiger partial charge in [0.1, 0.15) is 6.61 Å². The van der Waals surface area contributed by atoms with E-state index < -0.39 is 6.10 Å². The Morgan fingerprint density at radius 1 is 0.458 bits per heavy atom. The van der Waals surface area contributed by atoms with Gasteiger partial charge in [-0.15, -0.1) is 0 Å². The molecule has 0 aromatic heterocycles. The van der Waals surface area contributed by atoms with Crippen LogP contribution in [-0.4, -0.2) is 36.4 Å². The van der Waals surface area contributed by atoms with Crippen LogP contribution in [0.3, 0.4) is 0 Å². The molecule has 0 aromatic rings. The van der Waals surface area contributed by atoms with Crippen molar-refractivity contribution in [2.75, 3.05) is 13.2 Å². The topological polar surface area (TPSA) is 72.8 Å². The number of carbonyl (C=O) groups is 2. The summed E-state index contributed by atoms with van der Waals surface area (Å²) in [5, 5.41) is 9.56. The Balaban J connectivity index is 3.48. The Kier molecular flexibility index (Phi) is 38.9. The first-order valence-corrected chi connectivity index (χ1v) is 21.2. The highest BCUT2D eigenvalue weighted by Crippen LogP contribution is 2.15. The smallest absolute Gasteiger partial charge is 0.306 e. The van der Waals surface area contributed by atoms with E-state index in [-0.39, 0.29) is 25.2 Å². The third kappa shape index (κ3) is 37.5. The average molecular weight is 679 g/mol. The fraction of sp³-hybridized carbons (Fsp3) is 0.907. The van der Waals surface area contributed by atoms with Gasteiger partial charge in [-0.1, -0.05) is 193 Å². The fourth-order valence-electron chi connectivity index (χ4n) is 6.31. The summed E-state index contributed by atoms with van der Waals surface area (Å²) < 4.78 is 10.6. The normalized spacial score (nSPS) is 12.1. The van der Waals surface area contributed by atoms with Crippen molar-refractivity contribution in [3.8, 4) is 0 Å². The summed E-state index contributed by atoms with van der Waals surface area (Å²) in [5.41, 5.74) is 0. The second-order valence-electron chi connectivity index (χ2n) is 14.4. The van der Waals surface area contributed by atoms with E-state index in [4.69, 9.17) is 9.47 Å². The van der Waals surface area contributed by atoms with Gasteiger partial charge in [0.2, 0.25) is 0 Å². The monoisotopic (exact) mass is 679 g/mol. The zero-order chi connectivity index (χ0) is 35.0. The van der Waals surface area contributed by atoms with Gasteiger partial charge in [-0.2, -0.15) is 0 Å². The molecule has 48 heavy (non-hydrogen) atoms. The van der Waals surface area contributed by atoms with Crippen LogP contribution in [-0.2, 0) is 19.1 Å². The number of rotatable bonds is 39. The molecular weight excluding hydrogens is 596 g/mol. The van der Waals surface area contributed by atoms with Gasteiger partial charge in [-0.25, -0.2) is 0 Å². The van der Waals surface area contributed by atoms with Crippen molar-refractivity contribution in [1.82, 2.24) is 0 Å². The first-order valence-electron chi connectivity index (χ1n) is 21.2. The van der Waals surface area contributed by atoms with Gasteiger partial charge in [0.05, 0.1) is 6.61 Å². The summed E-state index contributed by atoms with van der Waals surface area (Å²) in [6.45, 7) is 4.15. The molecule has 0 aliphatic heterocycles. The van der Waals surface area contributed by atoms with Crippen molar-refractivity contribution >= 4 is 11.9 Å². The second kappa shape index (κ2) is 40.1. The zero-order valence-corrected chi connectivity index (χ0v) is 32.3. The summed E-state index contributed by atoms with van der Waals surface area (Å²) in [4.78, 5) is 24.3. The SMILES string of the molecule is CCCCCCCCC=CCCCCCCCCCCCCCC(=O)OC(CO)COC(=O)CCCCCCCCCCCCCCC. The maximum Gasteiger partial charge on any atom is 0.306 e. The highest BCUT2D eigenvalue weighted by Gasteiger charge is 2.16. The van der Waals surface area contributed by atoms with Crippen LogP contribution >= 0.6 is 0 Å². The zero-order valence-electron chi connectivity index (χ0n) is 32.3. The van der Waals surface area contributed by atoms with Gasteiger partial charge >= 0.3 is 11.9 Å². The minimum atomic E-state index is -0.764. The van der Waals surface area contributed by atoms with Crippen molar-refractivity contribution in [3.05, 3.63) is 12.2 Å². The van der Waals surface area contributed by atoms with Crippen molar-refractivity contribution in [2.45, 2.75) is 238 Å². The molecule has 1 atom stereocenters. The molecule has 0 fully saturated rings. The maximum atomic E-state index is 12.2. The summed E-state index contributed by atoms with van der Waals surface area (Å²) in [6, 6.07) is 0. The van der Waals surface area contributed by atoms with Crippen molar-refractivity contribution in [3.63, 3.8) is 0 Å². The molecular formula is C43H82O5. The molecule has 0 aliphatic carbocycles. The predicted molar refractivity (Wildman–Crippen MR) is 205 cm³/mol. The van der Waals surface area contributed by atoms with Crippen molar-refractivity contribution in [1.29, 1.82) is 0 Å². The van der Waals surface area contributed by atoms with Gasteiger partial charge in [-0.05, 0) is 38.5 Å². The summed E-state index contributed by atoms with van der Waals surface area (Å²) in [5.74, 6) is -0.579. The molecule has 0 saturated heterocycles. The first kappa shape index (κ1) is 46.6. The molecule has 5 heteroatoms. The van der Waals surface area contributed by atoms with Crippen LogP contribution in [0.5, 0.6) is 0 Å². The molecule has 284 valence electrons. The Bertz CT molecular complexity index is 691. The molecule has 0 bridgehead atoms. The number of carbonyl (C=O) groups excluding carboxylic acids is 2. The predicted octanol–water partition coefficient (Wildman–Crippen LogP) is 13.3. The van der Waals surface area contributed by atoms with Crippen LogP contribution < -0.4 is 0 Å². The molecule has 0 aliphatic rings. The van der Waals surface area contributed by atoms with Crippen LogP contribution in [0.4, 0.5) is 0 Å². The lowest BCUT2D eigenvalue weighted by atomic mass is 10.0. The van der Waals surface area contributed by atoms with Crippen LogP contribution in [0, 0.1) is 0 Å². The average Bonchev–Trinajstić information content (AvgIpc) is 3.09. The van der Waals surface area contributed by atoms with Crippen molar-refractivity contribution < 1.29 is 24.2 Å². The molecule has 0 aromatic carbocycles. The minimum absolute atomic E-state index is 0.0596. The van der Waals surface area contributed by atoms with Crippen LogP contribution in [0.25, 0.3) is 0 Å². The van der Waals surface area contributed by atoms with E-state index in [1.54, 1.807) is 0 Å². The molecule has 0 radical (unpaired) electrons. The van der Waals surface area contributed by atoms with Gasteiger partial charge < -0.3 is 14.6 Å². The van der Waals surface area contributed by atoms with E-state index in [1.807, 2.05) is 0 Å². The molecule has 1 unspecified atom stereocenters. The quantitative estimate of drug-likeness (QED) is 0.0398. The van der Waals surface area contributed by atoms with E-state index in [0.717, 1.165) is 32.1 Å². The molecule has 0 amide bonds. The summed E-state index contributed by atoms with van der Waals surface area (Å²) >= 11 is 0. The molecule has 5 nitrogen and oxygen atoms in total. The number of esters is 2. The van der Waals surface area contributed by atoms with Gasteiger partial charge in [0, 0.05) is 12.8 Å². The molecule has 0 saturated carbocycles. The Morgan fingerprint density at radius 3 is 1.12 bits per heavy atom. The van der Waals surface area contributed by atoms with Crippen molar-refractivity contribution in [2.24, 2.45) is 0 Å². The fourth-order valence-corrected chi connectivity index (χ4v) is 6.31. The van der Waals surface area contributed by atoms with Gasteiger partial charge in [0.25, 0.3) is 0 Å². The highest BCUT2D eigenvalue weighted by molar-refractivity contribution is 5.70. The molecule has 1 N–H and O–H groups in total. The van der Waals surface area contributed by atoms with E-state index >= 15 is 0 Å². The Hall–Kier alpha value is -1.36. The van der Waals surface area contributed by atoms with E-state index in [9.17, 15) is 14.7 Å². The van der Waals surface area contributed by atoms with Crippen LogP contribution in [0.15, 0.2) is 12.2 Å².